The number of carbonyl (C=O) groups is 1. The molecule has 0 aliphatic carbocycles. The molecule has 0 spiro atoms. The third kappa shape index (κ3) is 3.50. The number of ether oxygens (including phenoxy) is 1. The summed E-state index contributed by atoms with van der Waals surface area (Å²) in [4.78, 5) is 11.1. The molecule has 0 aliphatic rings. The second-order valence-electron chi connectivity index (χ2n) is 3.72. The number of thioether (sulfide) groups is 1. The first-order valence-electron chi connectivity index (χ1n) is 5.50. The Morgan fingerprint density at radius 3 is 2.95 bits per heavy atom. The molecule has 0 radical (unpaired) electrons. The molecule has 0 aliphatic heterocycles. The van der Waals surface area contributed by atoms with Crippen LogP contribution >= 0.6 is 11.8 Å². The van der Waals surface area contributed by atoms with Crippen molar-refractivity contribution in [2.75, 3.05) is 7.11 Å². The predicted octanol–water partition coefficient (Wildman–Crippen LogP) is 1.42. The number of halogens is 2. The van der Waals surface area contributed by atoms with E-state index in [1.54, 1.807) is 0 Å². The van der Waals surface area contributed by atoms with Crippen molar-refractivity contribution in [3.8, 4) is 0 Å². The van der Waals surface area contributed by atoms with Crippen molar-refractivity contribution in [1.82, 2.24) is 20.2 Å². The average Bonchev–Trinajstić information content (AvgIpc) is 2.85. The van der Waals surface area contributed by atoms with Crippen molar-refractivity contribution in [3.05, 3.63) is 35.4 Å². The monoisotopic (exact) mass is 300 g/mol. The van der Waals surface area contributed by atoms with Gasteiger partial charge in [-0.3, -0.25) is 4.79 Å². The van der Waals surface area contributed by atoms with Gasteiger partial charge in [0.2, 0.25) is 5.16 Å². The van der Waals surface area contributed by atoms with E-state index in [4.69, 9.17) is 0 Å². The molecule has 0 fully saturated rings. The zero-order chi connectivity index (χ0) is 14.5. The van der Waals surface area contributed by atoms with E-state index in [-0.39, 0.29) is 12.3 Å². The van der Waals surface area contributed by atoms with Crippen molar-refractivity contribution in [2.45, 2.75) is 17.5 Å². The predicted molar refractivity (Wildman–Crippen MR) is 65.8 cm³/mol. The maximum Gasteiger partial charge on any atom is 0.327 e. The van der Waals surface area contributed by atoms with E-state index >= 15 is 0 Å². The Labute approximate surface area is 117 Å². The molecule has 0 saturated carbocycles. The van der Waals surface area contributed by atoms with Gasteiger partial charge >= 0.3 is 5.97 Å². The summed E-state index contributed by atoms with van der Waals surface area (Å²) < 4.78 is 32.0. The van der Waals surface area contributed by atoms with Crippen molar-refractivity contribution >= 4 is 17.7 Å². The summed E-state index contributed by atoms with van der Waals surface area (Å²) in [5.41, 5.74) is 0.323. The number of rotatable bonds is 5. The molecule has 0 saturated heterocycles. The van der Waals surface area contributed by atoms with E-state index in [1.807, 2.05) is 0 Å². The molecule has 0 unspecified atom stereocenters. The van der Waals surface area contributed by atoms with Gasteiger partial charge < -0.3 is 4.74 Å². The Bertz CT molecular complexity index is 620. The van der Waals surface area contributed by atoms with Crippen molar-refractivity contribution < 1.29 is 18.3 Å². The lowest BCUT2D eigenvalue weighted by molar-refractivity contribution is -0.141. The zero-order valence-electron chi connectivity index (χ0n) is 10.4. The lowest BCUT2D eigenvalue weighted by Gasteiger charge is -2.04. The van der Waals surface area contributed by atoms with Gasteiger partial charge in [-0.25, -0.2) is 13.5 Å². The van der Waals surface area contributed by atoms with Crippen LogP contribution in [0.15, 0.2) is 23.4 Å². The number of benzene rings is 1. The van der Waals surface area contributed by atoms with Gasteiger partial charge in [0.05, 0.1) is 7.11 Å². The first-order chi connectivity index (χ1) is 9.60. The normalized spacial score (nSPS) is 10.6. The highest BCUT2D eigenvalue weighted by Crippen LogP contribution is 2.22. The summed E-state index contributed by atoms with van der Waals surface area (Å²) in [5, 5.41) is 11.1. The second kappa shape index (κ2) is 6.42. The first-order valence-corrected chi connectivity index (χ1v) is 6.48. The van der Waals surface area contributed by atoms with Crippen LogP contribution in [0, 0.1) is 11.6 Å². The van der Waals surface area contributed by atoms with Crippen LogP contribution in [0.2, 0.25) is 0 Å². The van der Waals surface area contributed by atoms with E-state index in [0.29, 0.717) is 10.7 Å². The standard InChI is InChI=1S/C11H10F2N4O2S/c1-19-10(18)5-17-11(14-15-16-17)20-6-7-2-3-8(12)4-9(7)13/h2-4H,5-6H2,1H3. The molecule has 0 N–H and O–H groups in total. The number of tetrazole rings is 1. The fraction of sp³-hybridized carbons (Fsp3) is 0.273. The number of methoxy groups -OCH3 is 1. The van der Waals surface area contributed by atoms with Crippen LogP contribution in [0.1, 0.15) is 5.56 Å². The maximum absolute atomic E-state index is 13.5. The van der Waals surface area contributed by atoms with Crippen LogP contribution in [-0.4, -0.2) is 33.3 Å². The van der Waals surface area contributed by atoms with Crippen molar-refractivity contribution in [3.63, 3.8) is 0 Å². The fourth-order valence-electron chi connectivity index (χ4n) is 1.37. The van der Waals surface area contributed by atoms with Gasteiger partial charge in [0.15, 0.2) is 0 Å². The highest BCUT2D eigenvalue weighted by Gasteiger charge is 2.12. The number of hydrogen-bond acceptors (Lipinski definition) is 6. The van der Waals surface area contributed by atoms with Crippen LogP contribution in [-0.2, 0) is 21.8 Å². The lowest BCUT2D eigenvalue weighted by atomic mass is 10.2. The topological polar surface area (TPSA) is 69.9 Å². The molecule has 1 heterocycles. The number of esters is 1. The maximum atomic E-state index is 13.5. The molecule has 0 bridgehead atoms. The van der Waals surface area contributed by atoms with Crippen LogP contribution in [0.4, 0.5) is 8.78 Å². The van der Waals surface area contributed by atoms with Crippen molar-refractivity contribution in [2.24, 2.45) is 0 Å². The highest BCUT2D eigenvalue weighted by molar-refractivity contribution is 7.98. The van der Waals surface area contributed by atoms with Gasteiger partial charge in [0, 0.05) is 11.8 Å². The quantitative estimate of drug-likeness (QED) is 0.614. The second-order valence-corrected chi connectivity index (χ2v) is 4.66. The summed E-state index contributed by atoms with van der Waals surface area (Å²) >= 11 is 1.14. The molecule has 0 atom stereocenters. The van der Waals surface area contributed by atoms with Gasteiger partial charge in [-0.15, -0.1) is 5.10 Å². The summed E-state index contributed by atoms with van der Waals surface area (Å²) in [6.07, 6.45) is 0. The molecular weight excluding hydrogens is 290 g/mol. The molecule has 2 aromatic rings. The van der Waals surface area contributed by atoms with E-state index < -0.39 is 17.6 Å². The molecule has 0 amide bonds. The molecule has 6 nitrogen and oxygen atoms in total. The number of nitrogens with zero attached hydrogens (tertiary/aromatic N) is 4. The molecule has 9 heteroatoms. The minimum atomic E-state index is -0.635. The van der Waals surface area contributed by atoms with Gasteiger partial charge in [0.25, 0.3) is 0 Å². The smallest absolute Gasteiger partial charge is 0.327 e. The Morgan fingerprint density at radius 1 is 1.45 bits per heavy atom. The Morgan fingerprint density at radius 2 is 2.25 bits per heavy atom. The van der Waals surface area contributed by atoms with E-state index in [9.17, 15) is 13.6 Å². The SMILES string of the molecule is COC(=O)Cn1nnnc1SCc1ccc(F)cc1F. The van der Waals surface area contributed by atoms with Gasteiger partial charge in [-0.2, -0.15) is 0 Å². The van der Waals surface area contributed by atoms with Gasteiger partial charge in [0.1, 0.15) is 18.2 Å². The highest BCUT2D eigenvalue weighted by atomic mass is 32.2. The fourth-order valence-corrected chi connectivity index (χ4v) is 2.23. The van der Waals surface area contributed by atoms with Gasteiger partial charge in [-0.1, -0.05) is 17.8 Å². The largest absolute Gasteiger partial charge is 0.468 e. The number of carbonyl (C=O) groups excluding carboxylic acids is 1. The molecule has 2 rings (SSSR count). The van der Waals surface area contributed by atoms with Crippen LogP contribution in [0.25, 0.3) is 0 Å². The van der Waals surface area contributed by atoms with Crippen LogP contribution in [0.3, 0.4) is 0 Å². The minimum Gasteiger partial charge on any atom is -0.468 e. The zero-order valence-corrected chi connectivity index (χ0v) is 11.2. The molecule has 20 heavy (non-hydrogen) atoms. The summed E-state index contributed by atoms with van der Waals surface area (Å²) in [6.45, 7) is -0.127. The summed E-state index contributed by atoms with van der Waals surface area (Å²) in [6, 6.07) is 3.34. The Kier molecular flexibility index (Phi) is 4.61. The molecule has 106 valence electrons. The summed E-state index contributed by atoms with van der Waals surface area (Å²) in [7, 11) is 1.26. The van der Waals surface area contributed by atoms with E-state index in [0.717, 1.165) is 17.8 Å². The molecule has 1 aromatic heterocycles. The lowest BCUT2D eigenvalue weighted by Crippen LogP contribution is -2.13. The molecular formula is C11H10F2N4O2S. The number of aromatic nitrogens is 4. The number of hydrogen-bond donors (Lipinski definition) is 0. The Balaban J connectivity index is 2.04. The van der Waals surface area contributed by atoms with E-state index in [1.165, 1.54) is 23.9 Å². The van der Waals surface area contributed by atoms with Crippen molar-refractivity contribution in [1.29, 1.82) is 0 Å². The summed E-state index contributed by atoms with van der Waals surface area (Å²) in [5.74, 6) is -1.54. The van der Waals surface area contributed by atoms with Crippen LogP contribution < -0.4 is 0 Å². The first kappa shape index (κ1) is 14.4. The Hall–Kier alpha value is -2.03. The minimum absolute atomic E-state index is 0.127. The third-order valence-electron chi connectivity index (χ3n) is 2.38. The van der Waals surface area contributed by atoms with E-state index in [2.05, 4.69) is 20.3 Å². The van der Waals surface area contributed by atoms with Gasteiger partial charge in [-0.05, 0) is 22.1 Å². The average molecular weight is 300 g/mol. The van der Waals surface area contributed by atoms with Crippen LogP contribution in [0.5, 0.6) is 0 Å². The molecule has 1 aromatic carbocycles. The third-order valence-corrected chi connectivity index (χ3v) is 3.38.